The van der Waals surface area contributed by atoms with E-state index in [2.05, 4.69) is 59.8 Å². The maximum absolute atomic E-state index is 12.0. The van der Waals surface area contributed by atoms with Gasteiger partial charge in [0.2, 0.25) is 0 Å². The summed E-state index contributed by atoms with van der Waals surface area (Å²) >= 11 is 0. The van der Waals surface area contributed by atoms with Crippen molar-refractivity contribution in [2.75, 3.05) is 0 Å². The molecule has 7 unspecified atom stereocenters. The number of aliphatic hydroxyl groups is 1. The topological polar surface area (TPSA) is 59.1 Å². The molecular weight excluding hydrogens is 424 g/mol. The van der Waals surface area contributed by atoms with Gasteiger partial charge in [-0.15, -0.1) is 0 Å². The first-order valence-corrected chi connectivity index (χ1v) is 13.8. The smallest absolute Gasteiger partial charge is 0.302 e. The van der Waals surface area contributed by atoms with Gasteiger partial charge in [0.25, 0.3) is 0 Å². The summed E-state index contributed by atoms with van der Waals surface area (Å²) < 4.78 is 12.3. The fourth-order valence-corrected chi connectivity index (χ4v) is 8.87. The molecule has 3 saturated carbocycles. The molecule has 0 amide bonds. The Kier molecular flexibility index (Phi) is 5.73. The van der Waals surface area contributed by atoms with E-state index < -0.39 is 5.60 Å². The Morgan fingerprint density at radius 3 is 2.56 bits per heavy atom. The van der Waals surface area contributed by atoms with Crippen molar-refractivity contribution in [1.29, 1.82) is 0 Å². The van der Waals surface area contributed by atoms with Crippen LogP contribution in [0.1, 0.15) is 93.4 Å². The monoisotopic (exact) mass is 470 g/mol. The van der Waals surface area contributed by atoms with Crippen molar-refractivity contribution in [1.82, 2.24) is 0 Å². The molecule has 0 aromatic heterocycles. The molecule has 4 fully saturated rings. The standard InChI is InChI=1S/C30H46O4/c1-18(2)19(3)8-9-20(4)23-10-11-24-25-13-15-29(32)16-22(33-21(5)31)12-14-28(29,7)30(25)26(34-30)17-27(23,24)6/h8-9,13,18-20,22-24,26,32H,10-12,14-17H2,1-7H3/b9-8+/t19-,20+,22?,23?,24?,26?,27?,28?,29+,30?/m0/s1. The zero-order valence-corrected chi connectivity index (χ0v) is 22.4. The quantitative estimate of drug-likeness (QED) is 0.294. The molecule has 190 valence electrons. The second kappa shape index (κ2) is 7.93. The van der Waals surface area contributed by atoms with Gasteiger partial charge in [-0.05, 0) is 79.1 Å². The zero-order valence-electron chi connectivity index (χ0n) is 22.4. The van der Waals surface area contributed by atoms with E-state index in [-0.39, 0.29) is 34.6 Å². The number of ether oxygens (including phenoxy) is 2. The van der Waals surface area contributed by atoms with Gasteiger partial charge < -0.3 is 14.6 Å². The lowest BCUT2D eigenvalue weighted by Crippen LogP contribution is -2.64. The van der Waals surface area contributed by atoms with Crippen LogP contribution in [0, 0.1) is 40.4 Å². The van der Waals surface area contributed by atoms with E-state index >= 15 is 0 Å². The van der Waals surface area contributed by atoms with Crippen LogP contribution in [0.2, 0.25) is 0 Å². The molecule has 1 aliphatic heterocycles. The number of rotatable bonds is 5. The Morgan fingerprint density at radius 1 is 1.15 bits per heavy atom. The summed E-state index contributed by atoms with van der Waals surface area (Å²) in [6, 6.07) is 0. The first kappa shape index (κ1) is 24.6. The van der Waals surface area contributed by atoms with Crippen LogP contribution < -0.4 is 0 Å². The summed E-state index contributed by atoms with van der Waals surface area (Å²) in [5.41, 5.74) is 0.244. The minimum Gasteiger partial charge on any atom is -0.462 e. The third-order valence-corrected chi connectivity index (χ3v) is 11.3. The summed E-state index contributed by atoms with van der Waals surface area (Å²) in [5, 5.41) is 12.0. The molecule has 1 heterocycles. The van der Waals surface area contributed by atoms with Crippen molar-refractivity contribution in [3.05, 3.63) is 23.8 Å². The van der Waals surface area contributed by atoms with E-state index in [0.717, 1.165) is 19.3 Å². The van der Waals surface area contributed by atoms with E-state index in [1.807, 2.05) is 0 Å². The summed E-state index contributed by atoms with van der Waals surface area (Å²) in [6.45, 7) is 15.6. The Balaban J connectivity index is 1.41. The summed E-state index contributed by atoms with van der Waals surface area (Å²) in [4.78, 5) is 11.6. The van der Waals surface area contributed by atoms with Gasteiger partial charge in [-0.25, -0.2) is 0 Å². The fraction of sp³-hybridized carbons (Fsp3) is 0.833. The van der Waals surface area contributed by atoms with Gasteiger partial charge in [0, 0.05) is 18.8 Å². The molecule has 34 heavy (non-hydrogen) atoms. The summed E-state index contributed by atoms with van der Waals surface area (Å²) in [6.07, 6.45) is 13.7. The van der Waals surface area contributed by atoms with Crippen molar-refractivity contribution < 1.29 is 19.4 Å². The van der Waals surface area contributed by atoms with Gasteiger partial charge in [-0.3, -0.25) is 4.79 Å². The number of esters is 1. The Hall–Kier alpha value is -1.13. The minimum atomic E-state index is -0.877. The highest BCUT2D eigenvalue weighted by atomic mass is 16.6. The molecule has 5 rings (SSSR count). The number of epoxide rings is 1. The van der Waals surface area contributed by atoms with Crippen LogP contribution in [-0.4, -0.2) is 34.5 Å². The molecule has 1 N–H and O–H groups in total. The predicted molar refractivity (Wildman–Crippen MR) is 134 cm³/mol. The van der Waals surface area contributed by atoms with Crippen LogP contribution >= 0.6 is 0 Å². The largest absolute Gasteiger partial charge is 0.462 e. The van der Waals surface area contributed by atoms with Crippen LogP contribution in [0.5, 0.6) is 0 Å². The van der Waals surface area contributed by atoms with Gasteiger partial charge in [-0.1, -0.05) is 59.8 Å². The zero-order chi connectivity index (χ0) is 24.7. The van der Waals surface area contributed by atoms with E-state index in [4.69, 9.17) is 9.47 Å². The SMILES string of the molecule is CC(=O)OC1CCC2(C)C34OC3CC3(C)C(CCC3[C@H](C)/C=C/[C@H](C)C(C)C)C4=CC[C@@]2(O)C1. The molecule has 0 bridgehead atoms. The Morgan fingerprint density at radius 2 is 1.88 bits per heavy atom. The van der Waals surface area contributed by atoms with Crippen LogP contribution in [0.4, 0.5) is 0 Å². The van der Waals surface area contributed by atoms with Gasteiger partial charge in [0.1, 0.15) is 11.7 Å². The van der Waals surface area contributed by atoms with Gasteiger partial charge in [0.05, 0.1) is 11.7 Å². The number of fused-ring (bicyclic) bond motifs is 3. The molecule has 4 nitrogen and oxygen atoms in total. The maximum Gasteiger partial charge on any atom is 0.302 e. The highest BCUT2D eigenvalue weighted by molar-refractivity contribution is 5.66. The van der Waals surface area contributed by atoms with Crippen molar-refractivity contribution in [3.8, 4) is 0 Å². The molecule has 0 aromatic carbocycles. The number of carbonyl (C=O) groups excluding carboxylic acids is 1. The first-order valence-electron chi connectivity index (χ1n) is 13.8. The van der Waals surface area contributed by atoms with Crippen molar-refractivity contribution in [2.45, 2.75) is 117 Å². The number of allylic oxidation sites excluding steroid dienone is 2. The van der Waals surface area contributed by atoms with Gasteiger partial charge in [0.15, 0.2) is 0 Å². The number of carbonyl (C=O) groups is 1. The molecule has 4 aliphatic carbocycles. The molecule has 1 spiro atoms. The molecule has 0 radical (unpaired) electrons. The molecule has 5 aliphatic rings. The van der Waals surface area contributed by atoms with Crippen LogP contribution in [0.25, 0.3) is 0 Å². The van der Waals surface area contributed by atoms with Gasteiger partial charge in [-0.2, -0.15) is 0 Å². The van der Waals surface area contributed by atoms with Crippen molar-refractivity contribution in [3.63, 3.8) is 0 Å². The first-order chi connectivity index (χ1) is 15.9. The lowest BCUT2D eigenvalue weighted by atomic mass is 9.46. The van der Waals surface area contributed by atoms with Crippen molar-refractivity contribution in [2.24, 2.45) is 40.4 Å². The third kappa shape index (κ3) is 3.26. The van der Waals surface area contributed by atoms with E-state index in [9.17, 15) is 9.90 Å². The number of hydrogen-bond donors (Lipinski definition) is 1. The number of hydrogen-bond acceptors (Lipinski definition) is 4. The van der Waals surface area contributed by atoms with Gasteiger partial charge >= 0.3 is 5.97 Å². The molecule has 0 aromatic rings. The summed E-state index contributed by atoms with van der Waals surface area (Å²) in [7, 11) is 0. The average Bonchev–Trinajstić information content (AvgIpc) is 3.36. The highest BCUT2D eigenvalue weighted by Crippen LogP contribution is 2.76. The fourth-order valence-electron chi connectivity index (χ4n) is 8.87. The summed E-state index contributed by atoms with van der Waals surface area (Å²) in [5.74, 6) is 2.82. The van der Waals surface area contributed by atoms with Crippen LogP contribution in [-0.2, 0) is 14.3 Å². The molecular formula is C30H46O4. The molecule has 4 heteroatoms. The second-order valence-corrected chi connectivity index (χ2v) is 13.3. The maximum atomic E-state index is 12.0. The minimum absolute atomic E-state index is 0.190. The molecule has 1 saturated heterocycles. The van der Waals surface area contributed by atoms with Crippen molar-refractivity contribution >= 4 is 5.97 Å². The third-order valence-electron chi connectivity index (χ3n) is 11.3. The van der Waals surface area contributed by atoms with E-state index in [1.54, 1.807) is 0 Å². The normalized spacial score (nSPS) is 48.9. The Bertz CT molecular complexity index is 905. The second-order valence-electron chi connectivity index (χ2n) is 13.3. The average molecular weight is 471 g/mol. The predicted octanol–water partition coefficient (Wildman–Crippen LogP) is 6.23. The lowest BCUT2D eigenvalue weighted by molar-refractivity contribution is -0.183. The Labute approximate surface area is 206 Å². The molecule has 10 atom stereocenters. The van der Waals surface area contributed by atoms with E-state index in [0.29, 0.717) is 42.4 Å². The van der Waals surface area contributed by atoms with Crippen LogP contribution in [0.15, 0.2) is 23.8 Å². The lowest BCUT2D eigenvalue weighted by Gasteiger charge is -2.59. The van der Waals surface area contributed by atoms with E-state index in [1.165, 1.54) is 25.3 Å². The highest BCUT2D eigenvalue weighted by Gasteiger charge is 2.80. The van der Waals surface area contributed by atoms with Crippen LogP contribution in [0.3, 0.4) is 0 Å².